The number of fused-ring (bicyclic) bond motifs is 4. The molecule has 1 aromatic carbocycles. The van der Waals surface area contributed by atoms with Crippen molar-refractivity contribution < 1.29 is 32.6 Å². The second kappa shape index (κ2) is 8.42. The molecular formula is C22H21F3N2O5. The molecule has 0 saturated carbocycles. The number of hydrogen-bond acceptors (Lipinski definition) is 4. The predicted octanol–water partition coefficient (Wildman–Crippen LogP) is 2.58. The first kappa shape index (κ1) is 22.1. The monoisotopic (exact) mass is 450 g/mol. The van der Waals surface area contributed by atoms with Gasteiger partial charge in [-0.05, 0) is 42.2 Å². The summed E-state index contributed by atoms with van der Waals surface area (Å²) in [5.41, 5.74) is -0.00153. The standard InChI is InChI=1S/C22H21F3N2O5/c23-22(24,25)16-3-1-2-14(7-16)17-4-5-18-15-6-13(9-27(18)21(17)31)8-26(10-15)19(28)11-32-12-20(29)30/h1-5,7,13,15H,6,8-12H2,(H,29,30)/t13-,15+/m0/s1. The van der Waals surface area contributed by atoms with Crippen molar-refractivity contribution in [3.05, 3.63) is 58.0 Å². The Kier molecular flexibility index (Phi) is 5.81. The number of hydrogen-bond donors (Lipinski definition) is 1. The third-order valence-corrected chi connectivity index (χ3v) is 5.91. The number of piperidine rings is 1. The largest absolute Gasteiger partial charge is 0.480 e. The second-order valence-electron chi connectivity index (χ2n) is 8.15. The highest BCUT2D eigenvalue weighted by Crippen LogP contribution is 2.36. The van der Waals surface area contributed by atoms with E-state index >= 15 is 0 Å². The normalized spacial score (nSPS) is 20.0. The fraction of sp³-hybridized carbons (Fsp3) is 0.409. The zero-order valence-corrected chi connectivity index (χ0v) is 17.0. The lowest BCUT2D eigenvalue weighted by Crippen LogP contribution is -2.50. The Morgan fingerprint density at radius 2 is 1.88 bits per heavy atom. The number of carbonyl (C=O) groups is 2. The molecule has 3 heterocycles. The number of ether oxygens (including phenoxy) is 1. The smallest absolute Gasteiger partial charge is 0.416 e. The molecule has 1 fully saturated rings. The summed E-state index contributed by atoms with van der Waals surface area (Å²) in [5.74, 6) is -1.54. The lowest BCUT2D eigenvalue weighted by atomic mass is 9.82. The zero-order valence-electron chi connectivity index (χ0n) is 17.0. The van der Waals surface area contributed by atoms with Crippen LogP contribution in [0.4, 0.5) is 13.2 Å². The van der Waals surface area contributed by atoms with Gasteiger partial charge in [-0.25, -0.2) is 4.79 Å². The van der Waals surface area contributed by atoms with Gasteiger partial charge in [0.15, 0.2) is 0 Å². The van der Waals surface area contributed by atoms with Crippen LogP contribution in [-0.4, -0.2) is 52.8 Å². The van der Waals surface area contributed by atoms with Crippen LogP contribution >= 0.6 is 0 Å². The Morgan fingerprint density at radius 1 is 1.09 bits per heavy atom. The summed E-state index contributed by atoms with van der Waals surface area (Å²) >= 11 is 0. The number of carboxylic acid groups (broad SMARTS) is 1. The van der Waals surface area contributed by atoms with E-state index < -0.39 is 24.3 Å². The van der Waals surface area contributed by atoms with Crippen LogP contribution in [-0.2, 0) is 27.0 Å². The van der Waals surface area contributed by atoms with Crippen molar-refractivity contribution in [2.75, 3.05) is 26.3 Å². The number of benzene rings is 1. The molecular weight excluding hydrogens is 429 g/mol. The van der Waals surface area contributed by atoms with Gasteiger partial charge in [0.25, 0.3) is 5.56 Å². The molecule has 2 aromatic rings. The van der Waals surface area contributed by atoms with Crippen molar-refractivity contribution in [3.8, 4) is 11.1 Å². The van der Waals surface area contributed by atoms with Crippen LogP contribution in [0.3, 0.4) is 0 Å². The fourth-order valence-corrected chi connectivity index (χ4v) is 4.55. The molecule has 0 spiro atoms. The fourth-order valence-electron chi connectivity index (χ4n) is 4.55. The zero-order chi connectivity index (χ0) is 23.0. The van der Waals surface area contributed by atoms with E-state index in [1.54, 1.807) is 21.6 Å². The van der Waals surface area contributed by atoms with Gasteiger partial charge in [0, 0.05) is 36.8 Å². The molecule has 0 aliphatic carbocycles. The number of aliphatic carboxylic acids is 1. The minimum Gasteiger partial charge on any atom is -0.480 e. The van der Waals surface area contributed by atoms with E-state index in [4.69, 9.17) is 9.84 Å². The maximum absolute atomic E-state index is 13.2. The maximum atomic E-state index is 13.2. The molecule has 2 aliphatic heterocycles. The molecule has 2 bridgehead atoms. The molecule has 10 heteroatoms. The van der Waals surface area contributed by atoms with Crippen molar-refractivity contribution in [1.29, 1.82) is 0 Å². The van der Waals surface area contributed by atoms with E-state index in [9.17, 15) is 27.6 Å². The number of carboxylic acids is 1. The molecule has 0 unspecified atom stereocenters. The van der Waals surface area contributed by atoms with Gasteiger partial charge in [0.2, 0.25) is 5.91 Å². The number of pyridine rings is 1. The lowest BCUT2D eigenvalue weighted by molar-refractivity contribution is -0.147. The summed E-state index contributed by atoms with van der Waals surface area (Å²) in [5, 5.41) is 8.62. The number of carbonyl (C=O) groups excluding carboxylic acids is 1. The minimum atomic E-state index is -4.50. The topological polar surface area (TPSA) is 88.8 Å². The van der Waals surface area contributed by atoms with Crippen molar-refractivity contribution in [2.24, 2.45) is 5.92 Å². The second-order valence-corrected chi connectivity index (χ2v) is 8.15. The van der Waals surface area contributed by atoms with Crippen LogP contribution in [0.25, 0.3) is 11.1 Å². The first-order valence-electron chi connectivity index (χ1n) is 10.1. The third kappa shape index (κ3) is 4.40. The van der Waals surface area contributed by atoms with Gasteiger partial charge < -0.3 is 19.3 Å². The maximum Gasteiger partial charge on any atom is 0.416 e. The Bertz CT molecular complexity index is 1110. The molecule has 7 nitrogen and oxygen atoms in total. The van der Waals surface area contributed by atoms with Gasteiger partial charge in [-0.1, -0.05) is 12.1 Å². The molecule has 2 aliphatic rings. The predicted molar refractivity (Wildman–Crippen MR) is 107 cm³/mol. The van der Waals surface area contributed by atoms with Gasteiger partial charge >= 0.3 is 12.1 Å². The number of amides is 1. The van der Waals surface area contributed by atoms with Crippen LogP contribution in [0.15, 0.2) is 41.2 Å². The highest BCUT2D eigenvalue weighted by Gasteiger charge is 2.37. The van der Waals surface area contributed by atoms with Gasteiger partial charge in [-0.3, -0.25) is 9.59 Å². The van der Waals surface area contributed by atoms with E-state index in [0.717, 1.165) is 24.2 Å². The molecule has 4 rings (SSSR count). The van der Waals surface area contributed by atoms with Gasteiger partial charge in [-0.15, -0.1) is 0 Å². The van der Waals surface area contributed by atoms with Gasteiger partial charge in [0.05, 0.1) is 5.56 Å². The minimum absolute atomic E-state index is 0.0131. The van der Waals surface area contributed by atoms with E-state index in [-0.39, 0.29) is 41.0 Å². The first-order valence-corrected chi connectivity index (χ1v) is 10.1. The molecule has 2 atom stereocenters. The number of alkyl halides is 3. The van der Waals surface area contributed by atoms with E-state index in [1.807, 2.05) is 0 Å². The van der Waals surface area contributed by atoms with E-state index in [1.165, 1.54) is 12.1 Å². The Balaban J connectivity index is 1.57. The Labute approximate surface area is 181 Å². The van der Waals surface area contributed by atoms with Gasteiger partial charge in [-0.2, -0.15) is 13.2 Å². The van der Waals surface area contributed by atoms with Crippen LogP contribution in [0.2, 0.25) is 0 Å². The number of likely N-dealkylation sites (tertiary alicyclic amines) is 1. The summed E-state index contributed by atoms with van der Waals surface area (Å²) in [7, 11) is 0. The quantitative estimate of drug-likeness (QED) is 0.757. The van der Waals surface area contributed by atoms with Crippen LogP contribution in [0, 0.1) is 5.92 Å². The molecule has 32 heavy (non-hydrogen) atoms. The molecule has 1 amide bonds. The summed E-state index contributed by atoms with van der Waals surface area (Å²) in [6.07, 6.45) is -3.70. The van der Waals surface area contributed by atoms with E-state index in [0.29, 0.717) is 19.6 Å². The average molecular weight is 450 g/mol. The number of rotatable bonds is 5. The molecule has 0 radical (unpaired) electrons. The SMILES string of the molecule is O=C(O)COCC(=O)N1C[C@@H]2C[C@H](C1)c1ccc(-c3cccc(C(F)(F)F)c3)c(=O)n1C2. The molecule has 170 valence electrons. The molecule has 1 aromatic heterocycles. The van der Waals surface area contributed by atoms with Crippen molar-refractivity contribution >= 4 is 11.9 Å². The van der Waals surface area contributed by atoms with Crippen molar-refractivity contribution in [3.63, 3.8) is 0 Å². The van der Waals surface area contributed by atoms with Crippen LogP contribution in [0.5, 0.6) is 0 Å². The lowest BCUT2D eigenvalue weighted by Gasteiger charge is -2.42. The Hall–Kier alpha value is -3.14. The number of halogens is 3. The van der Waals surface area contributed by atoms with Gasteiger partial charge in [0.1, 0.15) is 13.2 Å². The molecule has 1 N–H and O–H groups in total. The van der Waals surface area contributed by atoms with Crippen molar-refractivity contribution in [1.82, 2.24) is 9.47 Å². The summed E-state index contributed by atoms with van der Waals surface area (Å²) in [4.78, 5) is 37.7. The summed E-state index contributed by atoms with van der Waals surface area (Å²) in [6, 6.07) is 8.00. The highest BCUT2D eigenvalue weighted by atomic mass is 19.4. The van der Waals surface area contributed by atoms with E-state index in [2.05, 4.69) is 0 Å². The number of nitrogens with zero attached hydrogens (tertiary/aromatic N) is 2. The number of aromatic nitrogens is 1. The Morgan fingerprint density at radius 3 is 2.59 bits per heavy atom. The summed E-state index contributed by atoms with van der Waals surface area (Å²) in [6.45, 7) is 0.257. The van der Waals surface area contributed by atoms with Crippen molar-refractivity contribution in [2.45, 2.75) is 25.1 Å². The average Bonchev–Trinajstić information content (AvgIpc) is 2.73. The molecule has 1 saturated heterocycles. The third-order valence-electron chi connectivity index (χ3n) is 5.91. The first-order chi connectivity index (χ1) is 15.1. The van der Waals surface area contributed by atoms with Crippen LogP contribution in [0.1, 0.15) is 23.6 Å². The van der Waals surface area contributed by atoms with Crippen LogP contribution < -0.4 is 5.56 Å². The summed E-state index contributed by atoms with van der Waals surface area (Å²) < 4.78 is 45.7. The highest BCUT2D eigenvalue weighted by molar-refractivity contribution is 5.78.